The van der Waals surface area contributed by atoms with E-state index >= 15 is 0 Å². The summed E-state index contributed by atoms with van der Waals surface area (Å²) in [6, 6.07) is 1.05. The van der Waals surface area contributed by atoms with Crippen LogP contribution in [0.2, 0.25) is 0 Å². The number of amides is 2. The smallest absolute Gasteiger partial charge is 0.249 e. The van der Waals surface area contributed by atoms with Gasteiger partial charge in [-0.15, -0.1) is 0 Å². The van der Waals surface area contributed by atoms with Crippen molar-refractivity contribution in [3.63, 3.8) is 0 Å². The molecule has 2 rings (SSSR count). The van der Waals surface area contributed by atoms with Crippen LogP contribution in [0.5, 0.6) is 0 Å². The predicted octanol–water partition coefficient (Wildman–Crippen LogP) is -0.498. The van der Waals surface area contributed by atoms with E-state index in [2.05, 4.69) is 20.3 Å². The average molecular weight is 181 g/mol. The molecule has 1 saturated heterocycles. The summed E-state index contributed by atoms with van der Waals surface area (Å²) in [6.45, 7) is 0. The molecule has 1 atom stereocenters. The third kappa shape index (κ3) is 1.51. The van der Waals surface area contributed by atoms with E-state index in [1.165, 1.54) is 6.26 Å². The molecule has 6 nitrogen and oxygen atoms in total. The number of nitrogens with one attached hydrogen (secondary N) is 2. The fraction of sp³-hybridized carbons (Fsp3) is 0.286. The van der Waals surface area contributed by atoms with Crippen molar-refractivity contribution in [1.82, 2.24) is 10.5 Å². The van der Waals surface area contributed by atoms with Crippen molar-refractivity contribution in [3.05, 3.63) is 12.3 Å². The average Bonchev–Trinajstić information content (AvgIpc) is 2.63. The molecule has 6 heteroatoms. The highest BCUT2D eigenvalue weighted by Crippen LogP contribution is 2.09. The second kappa shape index (κ2) is 2.89. The highest BCUT2D eigenvalue weighted by Gasteiger charge is 2.30. The second-order valence-corrected chi connectivity index (χ2v) is 2.70. The molecule has 0 bridgehead atoms. The van der Waals surface area contributed by atoms with Crippen molar-refractivity contribution in [2.24, 2.45) is 0 Å². The van der Waals surface area contributed by atoms with Crippen molar-refractivity contribution in [1.29, 1.82) is 0 Å². The lowest BCUT2D eigenvalue weighted by Crippen LogP contribution is -2.30. The third-order valence-corrected chi connectivity index (χ3v) is 1.73. The van der Waals surface area contributed by atoms with E-state index in [0.29, 0.717) is 5.82 Å². The van der Waals surface area contributed by atoms with Crippen molar-refractivity contribution in [3.8, 4) is 0 Å². The molecule has 13 heavy (non-hydrogen) atoms. The molecule has 1 unspecified atom stereocenters. The summed E-state index contributed by atoms with van der Waals surface area (Å²) < 4.78 is 4.56. The number of imide groups is 1. The monoisotopic (exact) mass is 181 g/mol. The van der Waals surface area contributed by atoms with Gasteiger partial charge in [0.2, 0.25) is 11.8 Å². The van der Waals surface area contributed by atoms with Gasteiger partial charge in [-0.2, -0.15) is 0 Å². The normalized spacial score (nSPS) is 21.7. The molecule has 68 valence electrons. The summed E-state index contributed by atoms with van der Waals surface area (Å²) in [6.07, 6.45) is 1.53. The molecule has 0 aromatic carbocycles. The Kier molecular flexibility index (Phi) is 1.73. The first kappa shape index (κ1) is 7.78. The van der Waals surface area contributed by atoms with Crippen LogP contribution in [-0.2, 0) is 9.59 Å². The van der Waals surface area contributed by atoms with Gasteiger partial charge in [0.25, 0.3) is 0 Å². The van der Waals surface area contributed by atoms with Crippen LogP contribution in [0.1, 0.15) is 6.42 Å². The standard InChI is InChI=1S/C7H7N3O3/c11-6-3-4(7(12)9-6)8-5-1-2-13-10-5/h1-2,4H,3H2,(H,8,10)(H,9,11,12). The van der Waals surface area contributed by atoms with E-state index < -0.39 is 6.04 Å². The first-order valence-corrected chi connectivity index (χ1v) is 3.76. The maximum Gasteiger partial charge on any atom is 0.249 e. The molecule has 1 fully saturated rings. The number of hydrogen-bond acceptors (Lipinski definition) is 5. The third-order valence-electron chi connectivity index (χ3n) is 1.73. The summed E-state index contributed by atoms with van der Waals surface area (Å²) in [4.78, 5) is 21.8. The van der Waals surface area contributed by atoms with Crippen molar-refractivity contribution < 1.29 is 14.1 Å². The van der Waals surface area contributed by atoms with Crippen molar-refractivity contribution >= 4 is 17.6 Å². The number of anilines is 1. The van der Waals surface area contributed by atoms with E-state index in [-0.39, 0.29) is 18.2 Å². The van der Waals surface area contributed by atoms with E-state index in [1.807, 2.05) is 0 Å². The van der Waals surface area contributed by atoms with Gasteiger partial charge in [-0.1, -0.05) is 5.16 Å². The van der Waals surface area contributed by atoms with Crippen LogP contribution in [-0.4, -0.2) is 23.0 Å². The van der Waals surface area contributed by atoms with Crippen LogP contribution >= 0.6 is 0 Å². The Morgan fingerprint density at radius 2 is 2.46 bits per heavy atom. The molecule has 1 aromatic rings. The first-order valence-electron chi connectivity index (χ1n) is 3.76. The largest absolute Gasteiger partial charge is 0.363 e. The van der Waals surface area contributed by atoms with E-state index in [1.54, 1.807) is 6.07 Å². The van der Waals surface area contributed by atoms with Crippen LogP contribution in [0.25, 0.3) is 0 Å². The number of aromatic nitrogens is 1. The Morgan fingerprint density at radius 3 is 3.00 bits per heavy atom. The topological polar surface area (TPSA) is 84.2 Å². The first-order chi connectivity index (χ1) is 6.25. The molecule has 0 spiro atoms. The SMILES string of the molecule is O=C1CC(Nc2ccon2)C(=O)N1. The summed E-state index contributed by atoms with van der Waals surface area (Å²) in [5.74, 6) is -0.145. The lowest BCUT2D eigenvalue weighted by molar-refractivity contribution is -0.124. The van der Waals surface area contributed by atoms with Gasteiger partial charge >= 0.3 is 0 Å². The van der Waals surface area contributed by atoms with Crippen molar-refractivity contribution in [2.75, 3.05) is 5.32 Å². The summed E-state index contributed by atoms with van der Waals surface area (Å²) in [5, 5.41) is 8.51. The number of rotatable bonds is 2. The van der Waals surface area contributed by atoms with Crippen LogP contribution in [0.3, 0.4) is 0 Å². The number of nitrogens with zero attached hydrogens (tertiary/aromatic N) is 1. The van der Waals surface area contributed by atoms with Gasteiger partial charge < -0.3 is 9.84 Å². The lowest BCUT2D eigenvalue weighted by atomic mass is 10.2. The van der Waals surface area contributed by atoms with E-state index in [0.717, 1.165) is 0 Å². The zero-order valence-corrected chi connectivity index (χ0v) is 6.61. The van der Waals surface area contributed by atoms with Crippen LogP contribution in [0.4, 0.5) is 5.82 Å². The van der Waals surface area contributed by atoms with Crippen LogP contribution in [0, 0.1) is 0 Å². The quantitative estimate of drug-likeness (QED) is 0.601. The van der Waals surface area contributed by atoms with Gasteiger partial charge in [-0.05, 0) is 0 Å². The van der Waals surface area contributed by atoms with Gasteiger partial charge in [-0.25, -0.2) is 0 Å². The molecular formula is C7H7N3O3. The zero-order chi connectivity index (χ0) is 9.26. The molecule has 2 heterocycles. The van der Waals surface area contributed by atoms with Crippen molar-refractivity contribution in [2.45, 2.75) is 12.5 Å². The maximum absolute atomic E-state index is 11.1. The number of carbonyl (C=O) groups excluding carboxylic acids is 2. The molecule has 1 aromatic heterocycles. The van der Waals surface area contributed by atoms with E-state index in [9.17, 15) is 9.59 Å². The Balaban J connectivity index is 2.03. The minimum Gasteiger partial charge on any atom is -0.363 e. The molecule has 2 N–H and O–H groups in total. The predicted molar refractivity (Wildman–Crippen MR) is 41.7 cm³/mol. The van der Waals surface area contributed by atoms with Crippen LogP contribution in [0.15, 0.2) is 16.9 Å². The highest BCUT2D eigenvalue weighted by atomic mass is 16.5. The molecular weight excluding hydrogens is 174 g/mol. The molecule has 0 radical (unpaired) electrons. The number of hydrogen-bond donors (Lipinski definition) is 2. The Labute approximate surface area is 73.3 Å². The van der Waals surface area contributed by atoms with Crippen LogP contribution < -0.4 is 10.6 Å². The van der Waals surface area contributed by atoms with Gasteiger partial charge in [0.15, 0.2) is 5.82 Å². The van der Waals surface area contributed by atoms with Gasteiger partial charge in [0, 0.05) is 6.07 Å². The Hall–Kier alpha value is -1.85. The fourth-order valence-electron chi connectivity index (χ4n) is 1.14. The fourth-order valence-corrected chi connectivity index (χ4v) is 1.14. The Bertz CT molecular complexity index is 333. The zero-order valence-electron chi connectivity index (χ0n) is 6.61. The summed E-state index contributed by atoms with van der Waals surface area (Å²) >= 11 is 0. The molecule has 1 aliphatic rings. The van der Waals surface area contributed by atoms with E-state index in [4.69, 9.17) is 0 Å². The minimum atomic E-state index is -0.530. The highest BCUT2D eigenvalue weighted by molar-refractivity contribution is 6.06. The molecule has 1 aliphatic heterocycles. The van der Waals surface area contributed by atoms with Gasteiger partial charge in [0.1, 0.15) is 12.3 Å². The molecule has 0 aliphatic carbocycles. The minimum absolute atomic E-state index is 0.145. The van der Waals surface area contributed by atoms with Gasteiger partial charge in [0.05, 0.1) is 6.42 Å². The Morgan fingerprint density at radius 1 is 1.62 bits per heavy atom. The summed E-state index contributed by atoms with van der Waals surface area (Å²) in [5.41, 5.74) is 0. The summed E-state index contributed by atoms with van der Waals surface area (Å²) in [7, 11) is 0. The molecule has 0 saturated carbocycles. The lowest BCUT2D eigenvalue weighted by Gasteiger charge is -2.05. The number of carbonyl (C=O) groups is 2. The molecule has 2 amide bonds. The van der Waals surface area contributed by atoms with Gasteiger partial charge in [-0.3, -0.25) is 14.9 Å². The second-order valence-electron chi connectivity index (χ2n) is 2.70. The maximum atomic E-state index is 11.1.